The van der Waals surface area contributed by atoms with E-state index in [4.69, 9.17) is 0 Å². The van der Waals surface area contributed by atoms with E-state index in [0.717, 1.165) is 0 Å². The first kappa shape index (κ1) is 10.1. The Kier molecular flexibility index (Phi) is 2.41. The predicted molar refractivity (Wildman–Crippen MR) is 73.0 cm³/mol. The van der Waals surface area contributed by atoms with Crippen LogP contribution in [0.3, 0.4) is 0 Å². The fraction of sp³-hybridized carbons (Fsp3) is 0.0588. The van der Waals surface area contributed by atoms with E-state index in [1.807, 2.05) is 18.2 Å². The van der Waals surface area contributed by atoms with Crippen LogP contribution in [0.4, 0.5) is 0 Å². The van der Waals surface area contributed by atoms with Gasteiger partial charge in [0.2, 0.25) is 0 Å². The Morgan fingerprint density at radius 1 is 0.824 bits per heavy atom. The predicted octanol–water partition coefficient (Wildman–Crippen LogP) is 4.62. The van der Waals surface area contributed by atoms with E-state index in [9.17, 15) is 0 Å². The van der Waals surface area contributed by atoms with E-state index < -0.39 is 0 Å². The highest BCUT2D eigenvalue weighted by Gasteiger charge is 2.04. The van der Waals surface area contributed by atoms with Gasteiger partial charge >= 0.3 is 0 Å². The number of hydrogen-bond acceptors (Lipinski definition) is 0. The van der Waals surface area contributed by atoms with Crippen molar-refractivity contribution in [1.82, 2.24) is 0 Å². The van der Waals surface area contributed by atoms with Crippen LogP contribution in [-0.2, 0) is 0 Å². The zero-order chi connectivity index (χ0) is 11.7. The van der Waals surface area contributed by atoms with Crippen LogP contribution >= 0.6 is 0 Å². The Labute approximate surface area is 102 Å². The summed E-state index contributed by atoms with van der Waals surface area (Å²) in [5.74, 6) is 0. The summed E-state index contributed by atoms with van der Waals surface area (Å²) in [5, 5.41) is 2.64. The number of fused-ring (bicyclic) bond motifs is 1. The minimum Gasteiger partial charge on any atom is -0.0616 e. The molecule has 0 aromatic heterocycles. The largest absolute Gasteiger partial charge is 0.0616 e. The summed E-state index contributed by atoms with van der Waals surface area (Å²) in [5.41, 5.74) is 3.83. The topological polar surface area (TPSA) is 0 Å². The monoisotopic (exact) mass is 217 g/mol. The SMILES string of the molecule is Cc1ccc(-c2c[c]ccc2)c2ccccc12. The van der Waals surface area contributed by atoms with Gasteiger partial charge in [-0.05, 0) is 46.5 Å². The van der Waals surface area contributed by atoms with Crippen molar-refractivity contribution in [3.05, 3.63) is 72.3 Å². The van der Waals surface area contributed by atoms with Gasteiger partial charge in [-0.25, -0.2) is 0 Å². The molecule has 3 aromatic rings. The first-order valence-electron chi connectivity index (χ1n) is 5.81. The van der Waals surface area contributed by atoms with Crippen molar-refractivity contribution in [3.63, 3.8) is 0 Å². The van der Waals surface area contributed by atoms with Crippen LogP contribution in [0, 0.1) is 13.0 Å². The molecule has 0 aliphatic heterocycles. The maximum absolute atomic E-state index is 3.14. The molecular formula is C17H13. The molecule has 81 valence electrons. The molecule has 17 heavy (non-hydrogen) atoms. The average molecular weight is 217 g/mol. The van der Waals surface area contributed by atoms with E-state index in [1.165, 1.54) is 27.5 Å². The highest BCUT2D eigenvalue weighted by Crippen LogP contribution is 2.30. The van der Waals surface area contributed by atoms with Gasteiger partial charge < -0.3 is 0 Å². The maximum Gasteiger partial charge on any atom is -0.0103 e. The maximum atomic E-state index is 3.14. The minimum absolute atomic E-state index is 1.23. The molecule has 0 heteroatoms. The quantitative estimate of drug-likeness (QED) is 0.558. The molecule has 0 N–H and O–H groups in total. The third kappa shape index (κ3) is 1.72. The van der Waals surface area contributed by atoms with Crippen molar-refractivity contribution >= 4 is 10.8 Å². The highest BCUT2D eigenvalue weighted by molar-refractivity contribution is 5.98. The molecule has 0 unspecified atom stereocenters. The Morgan fingerprint density at radius 2 is 1.65 bits per heavy atom. The number of benzene rings is 3. The second-order valence-corrected chi connectivity index (χ2v) is 4.27. The third-order valence-corrected chi connectivity index (χ3v) is 3.16. The lowest BCUT2D eigenvalue weighted by Gasteiger charge is -2.08. The lowest BCUT2D eigenvalue weighted by molar-refractivity contribution is 1.52. The normalized spacial score (nSPS) is 10.6. The Hall–Kier alpha value is -2.08. The van der Waals surface area contributed by atoms with Crippen LogP contribution in [0.1, 0.15) is 5.56 Å². The highest BCUT2D eigenvalue weighted by atomic mass is 14.1. The molecule has 0 saturated carbocycles. The summed E-state index contributed by atoms with van der Waals surface area (Å²) in [6.45, 7) is 2.16. The van der Waals surface area contributed by atoms with Crippen molar-refractivity contribution in [2.75, 3.05) is 0 Å². The van der Waals surface area contributed by atoms with Gasteiger partial charge in [-0.1, -0.05) is 54.6 Å². The van der Waals surface area contributed by atoms with Gasteiger partial charge in [0.05, 0.1) is 0 Å². The minimum atomic E-state index is 1.23. The van der Waals surface area contributed by atoms with Crippen LogP contribution in [-0.4, -0.2) is 0 Å². The second-order valence-electron chi connectivity index (χ2n) is 4.27. The van der Waals surface area contributed by atoms with Gasteiger partial charge in [0.25, 0.3) is 0 Å². The van der Waals surface area contributed by atoms with Gasteiger partial charge in [-0.2, -0.15) is 0 Å². The molecule has 0 bridgehead atoms. The van der Waals surface area contributed by atoms with Crippen molar-refractivity contribution in [2.45, 2.75) is 6.92 Å². The summed E-state index contributed by atoms with van der Waals surface area (Å²) in [4.78, 5) is 0. The molecule has 3 aromatic carbocycles. The van der Waals surface area contributed by atoms with Gasteiger partial charge in [0.1, 0.15) is 0 Å². The Morgan fingerprint density at radius 3 is 2.41 bits per heavy atom. The summed E-state index contributed by atoms with van der Waals surface area (Å²) in [7, 11) is 0. The van der Waals surface area contributed by atoms with E-state index >= 15 is 0 Å². The zero-order valence-electron chi connectivity index (χ0n) is 9.77. The third-order valence-electron chi connectivity index (χ3n) is 3.16. The van der Waals surface area contributed by atoms with Gasteiger partial charge in [-0.3, -0.25) is 0 Å². The second kappa shape index (κ2) is 4.06. The number of hydrogen-bond donors (Lipinski definition) is 0. The van der Waals surface area contributed by atoms with Gasteiger partial charge in [-0.15, -0.1) is 0 Å². The van der Waals surface area contributed by atoms with Crippen LogP contribution < -0.4 is 0 Å². The molecule has 0 saturated heterocycles. The molecule has 0 aliphatic rings. The molecule has 0 spiro atoms. The van der Waals surface area contributed by atoms with Crippen molar-refractivity contribution in [1.29, 1.82) is 0 Å². The van der Waals surface area contributed by atoms with E-state index in [0.29, 0.717) is 0 Å². The van der Waals surface area contributed by atoms with E-state index in [1.54, 1.807) is 0 Å². The van der Waals surface area contributed by atoms with E-state index in [2.05, 4.69) is 55.5 Å². The molecule has 0 atom stereocenters. The van der Waals surface area contributed by atoms with Crippen molar-refractivity contribution in [3.8, 4) is 11.1 Å². The molecule has 1 radical (unpaired) electrons. The number of rotatable bonds is 1. The van der Waals surface area contributed by atoms with Crippen LogP contribution in [0.2, 0.25) is 0 Å². The fourth-order valence-electron chi connectivity index (χ4n) is 2.26. The molecule has 0 aliphatic carbocycles. The molecular weight excluding hydrogens is 204 g/mol. The zero-order valence-corrected chi connectivity index (χ0v) is 9.77. The molecule has 0 nitrogen and oxygen atoms in total. The van der Waals surface area contributed by atoms with Crippen LogP contribution in [0.25, 0.3) is 21.9 Å². The summed E-state index contributed by atoms with van der Waals surface area (Å²) < 4.78 is 0. The lowest BCUT2D eigenvalue weighted by Crippen LogP contribution is -1.83. The lowest BCUT2D eigenvalue weighted by atomic mass is 9.96. The summed E-state index contributed by atoms with van der Waals surface area (Å²) in [6.07, 6.45) is 0. The first-order valence-corrected chi connectivity index (χ1v) is 5.81. The number of aryl methyl sites for hydroxylation is 1. The average Bonchev–Trinajstić information content (AvgIpc) is 2.41. The van der Waals surface area contributed by atoms with Crippen molar-refractivity contribution < 1.29 is 0 Å². The van der Waals surface area contributed by atoms with E-state index in [-0.39, 0.29) is 0 Å². The summed E-state index contributed by atoms with van der Waals surface area (Å²) in [6, 6.07) is 24.2. The molecule has 0 heterocycles. The summed E-state index contributed by atoms with van der Waals surface area (Å²) >= 11 is 0. The standard InChI is InChI=1S/C17H13/c1-13-11-12-16(14-7-3-2-4-8-14)17-10-6-5-9-15(13)17/h2-3,5-12H,1H3. The molecule has 0 amide bonds. The molecule has 0 fully saturated rings. The van der Waals surface area contributed by atoms with Crippen LogP contribution in [0.15, 0.2) is 60.7 Å². The van der Waals surface area contributed by atoms with Gasteiger partial charge in [0, 0.05) is 0 Å². The van der Waals surface area contributed by atoms with Crippen LogP contribution in [0.5, 0.6) is 0 Å². The van der Waals surface area contributed by atoms with Crippen molar-refractivity contribution in [2.24, 2.45) is 0 Å². The Balaban J connectivity index is 2.35. The van der Waals surface area contributed by atoms with Gasteiger partial charge in [0.15, 0.2) is 0 Å². The smallest absolute Gasteiger partial charge is 0.0103 e. The fourth-order valence-corrected chi connectivity index (χ4v) is 2.26. The Bertz CT molecular complexity index is 651. The molecule has 3 rings (SSSR count). The first-order chi connectivity index (χ1) is 8.36.